The topological polar surface area (TPSA) is 84.5 Å². The van der Waals surface area contributed by atoms with Gasteiger partial charge in [-0.15, -0.1) is 0 Å². The Morgan fingerprint density at radius 1 is 0.971 bits per heavy atom. The van der Waals surface area contributed by atoms with E-state index < -0.39 is 0 Å². The Balaban J connectivity index is 1.07. The minimum atomic E-state index is -0.150. The number of aromatic nitrogens is 3. The first-order valence-electron chi connectivity index (χ1n) is 12.7. The zero-order valence-corrected chi connectivity index (χ0v) is 19.8. The third-order valence-electron chi connectivity index (χ3n) is 8.68. The molecule has 3 unspecified atom stereocenters. The van der Waals surface area contributed by atoms with E-state index in [0.717, 1.165) is 29.2 Å². The monoisotopic (exact) mass is 471 g/mol. The number of oxazole rings is 1. The van der Waals surface area contributed by atoms with E-state index in [0.29, 0.717) is 30.8 Å². The molecule has 2 aliphatic heterocycles. The molecule has 4 bridgehead atoms. The molecule has 0 radical (unpaired) electrons. The zero-order chi connectivity index (χ0) is 23.7. The van der Waals surface area contributed by atoms with Gasteiger partial charge in [0.1, 0.15) is 0 Å². The lowest BCUT2D eigenvalue weighted by Gasteiger charge is -2.34. The first-order valence-corrected chi connectivity index (χ1v) is 12.7. The number of benzene rings is 1. The molecule has 5 atom stereocenters. The number of amides is 2. The smallest absolute Gasteiger partial charge is 0.291 e. The van der Waals surface area contributed by atoms with Gasteiger partial charge in [0, 0.05) is 37.8 Å². The molecule has 3 aromatic rings. The van der Waals surface area contributed by atoms with Gasteiger partial charge in [0.05, 0.1) is 29.5 Å². The van der Waals surface area contributed by atoms with Gasteiger partial charge in [-0.1, -0.05) is 24.6 Å². The van der Waals surface area contributed by atoms with E-state index in [9.17, 15) is 9.59 Å². The molecule has 2 saturated heterocycles. The van der Waals surface area contributed by atoms with Crippen LogP contribution in [0.2, 0.25) is 0 Å². The van der Waals surface area contributed by atoms with Gasteiger partial charge in [-0.3, -0.25) is 14.3 Å². The van der Waals surface area contributed by atoms with Crippen molar-refractivity contribution in [2.45, 2.75) is 50.1 Å². The maximum Gasteiger partial charge on any atom is 0.291 e. The quantitative estimate of drug-likeness (QED) is 0.579. The molecule has 4 heterocycles. The molecule has 2 aliphatic carbocycles. The summed E-state index contributed by atoms with van der Waals surface area (Å²) in [5, 5.41) is 4.76. The van der Waals surface area contributed by atoms with Gasteiger partial charge in [0.15, 0.2) is 0 Å². The molecule has 8 nitrogen and oxygen atoms in total. The third-order valence-corrected chi connectivity index (χ3v) is 8.68. The lowest BCUT2D eigenvalue weighted by atomic mass is 9.85. The molecule has 180 valence electrons. The van der Waals surface area contributed by atoms with Crippen LogP contribution >= 0.6 is 0 Å². The summed E-state index contributed by atoms with van der Waals surface area (Å²) >= 11 is 0. The second kappa shape index (κ2) is 7.80. The van der Waals surface area contributed by atoms with Crippen molar-refractivity contribution in [1.29, 1.82) is 0 Å². The number of rotatable bonds is 4. The van der Waals surface area contributed by atoms with Crippen molar-refractivity contribution in [2.75, 3.05) is 13.1 Å². The Morgan fingerprint density at radius 2 is 1.74 bits per heavy atom. The summed E-state index contributed by atoms with van der Waals surface area (Å²) in [4.78, 5) is 35.0. The summed E-state index contributed by atoms with van der Waals surface area (Å²) in [6, 6.07) is 9.60. The van der Waals surface area contributed by atoms with Crippen LogP contribution < -0.4 is 0 Å². The largest absolute Gasteiger partial charge is 0.431 e. The molecule has 2 aromatic heterocycles. The van der Waals surface area contributed by atoms with E-state index in [1.807, 2.05) is 53.4 Å². The Morgan fingerprint density at radius 3 is 2.43 bits per heavy atom. The number of hydrogen-bond acceptors (Lipinski definition) is 5. The number of fused-ring (bicyclic) bond motifs is 4. The molecule has 7 rings (SSSR count). The highest BCUT2D eigenvalue weighted by atomic mass is 16.4. The van der Waals surface area contributed by atoms with Crippen LogP contribution in [-0.4, -0.2) is 61.6 Å². The zero-order valence-electron chi connectivity index (χ0n) is 19.8. The average Bonchev–Trinajstić information content (AvgIpc) is 3.72. The summed E-state index contributed by atoms with van der Waals surface area (Å²) in [7, 11) is 1.91. The Labute approximate surface area is 203 Å². The van der Waals surface area contributed by atoms with Crippen molar-refractivity contribution >= 4 is 11.8 Å². The summed E-state index contributed by atoms with van der Waals surface area (Å²) < 4.78 is 7.60. The summed E-state index contributed by atoms with van der Waals surface area (Å²) in [5.41, 5.74) is 2.60. The summed E-state index contributed by atoms with van der Waals surface area (Å²) in [5.74, 6) is 2.50. The standard InChI is InChI=1S/C27H29N5O3/c1-30-15-22(24(29-30)21-10-16-7-8-18(21)9-16)26(33)31-13-20-11-19(31)14-32(20)27(34)23-12-28-25(35-23)17-5-3-2-4-6-17/h2-6,12,15-16,18-21H,7-11,13-14H2,1H3/t16?,18?,19-,20-,21?/m0/s1. The number of piperazine rings is 1. The Kier molecular flexibility index (Phi) is 4.66. The maximum atomic E-state index is 13.7. The number of carbonyl (C=O) groups excluding carboxylic acids is 2. The van der Waals surface area contributed by atoms with Gasteiger partial charge in [0.2, 0.25) is 11.7 Å². The molecule has 2 saturated carbocycles. The normalized spacial score (nSPS) is 28.9. The van der Waals surface area contributed by atoms with Gasteiger partial charge in [0.25, 0.3) is 11.8 Å². The van der Waals surface area contributed by atoms with Gasteiger partial charge in [-0.25, -0.2) is 4.98 Å². The van der Waals surface area contributed by atoms with Crippen LogP contribution in [0.4, 0.5) is 0 Å². The number of hydrogen-bond donors (Lipinski definition) is 0. The van der Waals surface area contributed by atoms with E-state index >= 15 is 0 Å². The van der Waals surface area contributed by atoms with Crippen molar-refractivity contribution in [3.05, 3.63) is 59.7 Å². The highest BCUT2D eigenvalue weighted by Crippen LogP contribution is 2.53. The molecule has 4 fully saturated rings. The molecule has 0 spiro atoms. The van der Waals surface area contributed by atoms with Gasteiger partial charge >= 0.3 is 0 Å². The Bertz CT molecular complexity index is 1300. The van der Waals surface area contributed by atoms with Crippen molar-refractivity contribution in [2.24, 2.45) is 18.9 Å². The average molecular weight is 472 g/mol. The van der Waals surface area contributed by atoms with E-state index in [-0.39, 0.29) is 29.7 Å². The fourth-order valence-corrected chi connectivity index (χ4v) is 7.07. The Hall–Kier alpha value is -3.42. The van der Waals surface area contributed by atoms with E-state index in [2.05, 4.69) is 4.98 Å². The molecule has 1 aromatic carbocycles. The fraction of sp³-hybridized carbons (Fsp3) is 0.481. The van der Waals surface area contributed by atoms with Crippen LogP contribution in [0.1, 0.15) is 64.6 Å². The minimum Gasteiger partial charge on any atom is -0.431 e. The first kappa shape index (κ1) is 20.9. The van der Waals surface area contributed by atoms with Crippen molar-refractivity contribution < 1.29 is 14.0 Å². The molecular weight excluding hydrogens is 442 g/mol. The van der Waals surface area contributed by atoms with Crippen LogP contribution in [-0.2, 0) is 7.05 Å². The van der Waals surface area contributed by atoms with Crippen LogP contribution in [0.5, 0.6) is 0 Å². The number of nitrogens with zero attached hydrogens (tertiary/aromatic N) is 5. The third kappa shape index (κ3) is 3.33. The van der Waals surface area contributed by atoms with Crippen molar-refractivity contribution in [3.63, 3.8) is 0 Å². The highest BCUT2D eigenvalue weighted by Gasteiger charge is 2.49. The van der Waals surface area contributed by atoms with Gasteiger partial charge < -0.3 is 14.2 Å². The van der Waals surface area contributed by atoms with E-state index in [1.54, 1.807) is 4.68 Å². The molecular formula is C27H29N5O3. The SMILES string of the molecule is Cn1cc(C(=O)N2C[C@@H]3C[C@H]2CN3C(=O)c2cnc(-c3ccccc3)o2)c(C2CC3CCC2C3)n1. The fourth-order valence-electron chi connectivity index (χ4n) is 7.07. The van der Waals surface area contributed by atoms with Crippen LogP contribution in [0.25, 0.3) is 11.5 Å². The van der Waals surface area contributed by atoms with E-state index in [4.69, 9.17) is 9.52 Å². The maximum absolute atomic E-state index is 13.7. The molecule has 2 amide bonds. The van der Waals surface area contributed by atoms with Crippen LogP contribution in [0.3, 0.4) is 0 Å². The summed E-state index contributed by atoms with van der Waals surface area (Å²) in [6.07, 6.45) is 9.26. The number of carbonyl (C=O) groups is 2. The first-order chi connectivity index (χ1) is 17.0. The minimum absolute atomic E-state index is 0.00402. The van der Waals surface area contributed by atoms with E-state index in [1.165, 1.54) is 31.9 Å². The summed E-state index contributed by atoms with van der Waals surface area (Å²) in [6.45, 7) is 1.08. The lowest BCUT2D eigenvalue weighted by molar-refractivity contribution is 0.0508. The molecule has 8 heteroatoms. The number of likely N-dealkylation sites (tertiary alicyclic amines) is 2. The van der Waals surface area contributed by atoms with Crippen molar-refractivity contribution in [3.8, 4) is 11.5 Å². The molecule has 0 N–H and O–H groups in total. The van der Waals surface area contributed by atoms with Crippen LogP contribution in [0, 0.1) is 11.8 Å². The van der Waals surface area contributed by atoms with Crippen LogP contribution in [0.15, 0.2) is 47.1 Å². The van der Waals surface area contributed by atoms with Gasteiger partial charge in [-0.05, 0) is 49.7 Å². The second-order valence-corrected chi connectivity index (χ2v) is 10.7. The number of aryl methyl sites for hydroxylation is 1. The molecule has 35 heavy (non-hydrogen) atoms. The predicted molar refractivity (Wildman–Crippen MR) is 128 cm³/mol. The second-order valence-electron chi connectivity index (χ2n) is 10.7. The molecule has 4 aliphatic rings. The lowest BCUT2D eigenvalue weighted by Crippen LogP contribution is -2.50. The van der Waals surface area contributed by atoms with Gasteiger partial charge in [-0.2, -0.15) is 5.10 Å². The highest BCUT2D eigenvalue weighted by molar-refractivity contribution is 5.97. The predicted octanol–water partition coefficient (Wildman–Crippen LogP) is 3.72. The van der Waals surface area contributed by atoms with Crippen molar-refractivity contribution in [1.82, 2.24) is 24.6 Å².